The molecule has 0 spiro atoms. The number of nitrogens with one attached hydrogen (secondary N) is 1. The molecule has 8 heteroatoms. The summed E-state index contributed by atoms with van der Waals surface area (Å²) in [5.74, 6) is -1.27. The van der Waals surface area contributed by atoms with Gasteiger partial charge in [-0.15, -0.1) is 0 Å². The zero-order chi connectivity index (χ0) is 16.9. The van der Waals surface area contributed by atoms with Crippen LogP contribution in [0.5, 0.6) is 0 Å². The monoisotopic (exact) mass is 328 g/mol. The number of esters is 1. The molecule has 0 aliphatic rings. The first-order chi connectivity index (χ1) is 10.3. The Morgan fingerprint density at radius 2 is 2.09 bits per heavy atom. The number of ether oxygens (including phenoxy) is 1. The Morgan fingerprint density at radius 1 is 1.45 bits per heavy atom. The highest BCUT2D eigenvalue weighted by Crippen LogP contribution is 2.23. The second-order valence-corrected chi connectivity index (χ2v) is 5.19. The highest BCUT2D eigenvalue weighted by atomic mass is 35.5. The van der Waals surface area contributed by atoms with Crippen LogP contribution >= 0.6 is 11.6 Å². The van der Waals surface area contributed by atoms with Crippen LogP contribution in [-0.4, -0.2) is 30.0 Å². The van der Waals surface area contributed by atoms with Gasteiger partial charge in [-0.25, -0.2) is 4.79 Å². The zero-order valence-corrected chi connectivity index (χ0v) is 13.2. The predicted octanol–water partition coefficient (Wildman–Crippen LogP) is 2.57. The lowest BCUT2D eigenvalue weighted by atomic mass is 9.99. The van der Waals surface area contributed by atoms with Gasteiger partial charge in [0.25, 0.3) is 11.6 Å². The molecule has 0 saturated heterocycles. The summed E-state index contributed by atoms with van der Waals surface area (Å²) in [4.78, 5) is 34.0. The lowest BCUT2D eigenvalue weighted by Gasteiger charge is -2.22. The number of nitrogens with zero attached hydrogens (tertiary/aromatic N) is 1. The smallest absolute Gasteiger partial charge is 0.328 e. The quantitative estimate of drug-likeness (QED) is 0.491. The van der Waals surface area contributed by atoms with Crippen LogP contribution < -0.4 is 5.32 Å². The normalized spacial score (nSPS) is 13.1. The molecule has 0 aliphatic heterocycles. The highest BCUT2D eigenvalue weighted by Gasteiger charge is 2.28. The number of benzene rings is 1. The maximum Gasteiger partial charge on any atom is 0.328 e. The molecule has 0 unspecified atom stereocenters. The third-order valence-electron chi connectivity index (χ3n) is 3.36. The summed E-state index contributed by atoms with van der Waals surface area (Å²) in [6.07, 6.45) is 0.661. The Morgan fingerprint density at radius 3 is 2.55 bits per heavy atom. The molecule has 120 valence electrons. The summed E-state index contributed by atoms with van der Waals surface area (Å²) in [5.41, 5.74) is -0.155. The van der Waals surface area contributed by atoms with Crippen LogP contribution in [0.4, 0.5) is 5.69 Å². The van der Waals surface area contributed by atoms with E-state index in [4.69, 9.17) is 11.6 Å². The minimum absolute atomic E-state index is 0.0560. The van der Waals surface area contributed by atoms with Gasteiger partial charge in [0, 0.05) is 12.1 Å². The Kier molecular flexibility index (Phi) is 6.30. The first-order valence-corrected chi connectivity index (χ1v) is 7.02. The van der Waals surface area contributed by atoms with E-state index >= 15 is 0 Å². The van der Waals surface area contributed by atoms with Crippen LogP contribution in [0.1, 0.15) is 30.6 Å². The van der Waals surface area contributed by atoms with Gasteiger partial charge in [0.15, 0.2) is 0 Å². The van der Waals surface area contributed by atoms with E-state index in [2.05, 4.69) is 10.1 Å². The minimum Gasteiger partial charge on any atom is -0.467 e. The van der Waals surface area contributed by atoms with E-state index < -0.39 is 22.8 Å². The predicted molar refractivity (Wildman–Crippen MR) is 80.8 cm³/mol. The van der Waals surface area contributed by atoms with Crippen LogP contribution in [0.2, 0.25) is 5.02 Å². The fraction of sp³-hybridized carbons (Fsp3) is 0.429. The number of carbonyl (C=O) groups excluding carboxylic acids is 2. The molecule has 0 bridgehead atoms. The molecule has 0 fully saturated rings. The zero-order valence-electron chi connectivity index (χ0n) is 12.5. The van der Waals surface area contributed by atoms with Crippen LogP contribution in [-0.2, 0) is 9.53 Å². The molecule has 0 aliphatic carbocycles. The van der Waals surface area contributed by atoms with Gasteiger partial charge in [-0.1, -0.05) is 31.9 Å². The molecule has 0 saturated carbocycles. The molecule has 22 heavy (non-hydrogen) atoms. The Balaban J connectivity index is 3.00. The van der Waals surface area contributed by atoms with Crippen molar-refractivity contribution >= 4 is 29.2 Å². The number of amides is 1. The topological polar surface area (TPSA) is 98.5 Å². The number of hydrogen-bond acceptors (Lipinski definition) is 5. The summed E-state index contributed by atoms with van der Waals surface area (Å²) < 4.78 is 4.68. The van der Waals surface area contributed by atoms with E-state index in [-0.39, 0.29) is 22.2 Å². The minimum atomic E-state index is -0.811. The molecule has 2 atom stereocenters. The van der Waals surface area contributed by atoms with E-state index in [1.807, 2.05) is 6.92 Å². The van der Waals surface area contributed by atoms with Gasteiger partial charge in [0.2, 0.25) is 0 Å². The number of rotatable bonds is 6. The number of methoxy groups -OCH3 is 1. The van der Waals surface area contributed by atoms with Crippen LogP contribution in [0, 0.1) is 16.0 Å². The van der Waals surface area contributed by atoms with Crippen molar-refractivity contribution in [2.45, 2.75) is 26.3 Å². The van der Waals surface area contributed by atoms with E-state index in [1.54, 1.807) is 6.92 Å². The average Bonchev–Trinajstić information content (AvgIpc) is 2.50. The molecular formula is C14H17ClN2O5. The third kappa shape index (κ3) is 4.17. The number of nitro groups is 1. The number of hydrogen-bond donors (Lipinski definition) is 1. The van der Waals surface area contributed by atoms with Gasteiger partial charge in [0.05, 0.1) is 22.6 Å². The van der Waals surface area contributed by atoms with Gasteiger partial charge in [-0.2, -0.15) is 0 Å². The SMILES string of the molecule is CC[C@H](C)[C@@H](NC(=O)c1ccc([N+](=O)[O-])cc1Cl)C(=O)OC. The molecule has 1 aromatic rings. The van der Waals surface area contributed by atoms with Crippen molar-refractivity contribution in [1.82, 2.24) is 5.32 Å². The van der Waals surface area contributed by atoms with Crippen LogP contribution in [0.25, 0.3) is 0 Å². The fourth-order valence-corrected chi connectivity index (χ4v) is 2.08. The van der Waals surface area contributed by atoms with E-state index in [1.165, 1.54) is 19.2 Å². The molecule has 0 heterocycles. The summed E-state index contributed by atoms with van der Waals surface area (Å²) in [6, 6.07) is 2.71. The van der Waals surface area contributed by atoms with Crippen molar-refractivity contribution in [3.05, 3.63) is 38.9 Å². The van der Waals surface area contributed by atoms with Crippen LogP contribution in [0.15, 0.2) is 18.2 Å². The largest absolute Gasteiger partial charge is 0.467 e. The maximum absolute atomic E-state index is 12.2. The third-order valence-corrected chi connectivity index (χ3v) is 3.68. The van der Waals surface area contributed by atoms with E-state index in [9.17, 15) is 19.7 Å². The summed E-state index contributed by atoms with van der Waals surface area (Å²) in [5, 5.41) is 13.2. The highest BCUT2D eigenvalue weighted by molar-refractivity contribution is 6.34. The van der Waals surface area contributed by atoms with Gasteiger partial charge in [-0.05, 0) is 12.0 Å². The molecule has 1 aromatic carbocycles. The van der Waals surface area contributed by atoms with Gasteiger partial charge in [-0.3, -0.25) is 14.9 Å². The number of non-ortho nitro benzene ring substituents is 1. The standard InChI is InChI=1S/C14H17ClN2O5/c1-4-8(2)12(14(19)22-3)16-13(18)10-6-5-9(17(20)21)7-11(10)15/h5-8,12H,4H2,1-3H3,(H,16,18)/t8-,12+/m0/s1. The van der Waals surface area contributed by atoms with Crippen LogP contribution in [0.3, 0.4) is 0 Å². The van der Waals surface area contributed by atoms with Gasteiger partial charge < -0.3 is 10.1 Å². The molecule has 0 aromatic heterocycles. The van der Waals surface area contributed by atoms with E-state index in [0.29, 0.717) is 6.42 Å². The van der Waals surface area contributed by atoms with Crippen molar-refractivity contribution in [2.75, 3.05) is 7.11 Å². The molecule has 0 radical (unpaired) electrons. The lowest BCUT2D eigenvalue weighted by molar-refractivity contribution is -0.384. The summed E-state index contributed by atoms with van der Waals surface area (Å²) in [7, 11) is 1.24. The van der Waals surface area contributed by atoms with Gasteiger partial charge >= 0.3 is 5.97 Å². The van der Waals surface area contributed by atoms with Crippen molar-refractivity contribution in [2.24, 2.45) is 5.92 Å². The molecular weight excluding hydrogens is 312 g/mol. The molecule has 1 amide bonds. The lowest BCUT2D eigenvalue weighted by Crippen LogP contribution is -2.45. The Hall–Kier alpha value is -2.15. The second-order valence-electron chi connectivity index (χ2n) is 4.78. The molecule has 1 N–H and O–H groups in total. The van der Waals surface area contributed by atoms with Crippen molar-refractivity contribution in [3.63, 3.8) is 0 Å². The molecule has 7 nitrogen and oxygen atoms in total. The number of carbonyl (C=O) groups is 2. The fourth-order valence-electron chi connectivity index (χ4n) is 1.82. The first-order valence-electron chi connectivity index (χ1n) is 6.64. The maximum atomic E-state index is 12.2. The van der Waals surface area contributed by atoms with Crippen molar-refractivity contribution in [1.29, 1.82) is 0 Å². The Bertz CT molecular complexity index is 591. The summed E-state index contributed by atoms with van der Waals surface area (Å²) in [6.45, 7) is 3.69. The van der Waals surface area contributed by atoms with E-state index in [0.717, 1.165) is 6.07 Å². The average molecular weight is 329 g/mol. The second kappa shape index (κ2) is 7.74. The van der Waals surface area contributed by atoms with Crippen molar-refractivity contribution < 1.29 is 19.2 Å². The van der Waals surface area contributed by atoms with Crippen molar-refractivity contribution in [3.8, 4) is 0 Å². The molecule has 1 rings (SSSR count). The number of nitro benzene ring substituents is 1. The number of halogens is 1. The summed E-state index contributed by atoms with van der Waals surface area (Å²) >= 11 is 5.90. The first kappa shape index (κ1) is 17.9. The Labute approximate surface area is 132 Å². The van der Waals surface area contributed by atoms with Gasteiger partial charge in [0.1, 0.15) is 6.04 Å².